The Hall–Kier alpha value is -4.83. The van der Waals surface area contributed by atoms with Crippen molar-refractivity contribution in [2.75, 3.05) is 0 Å². The number of carbonyl (C=O) groups is 5. The van der Waals surface area contributed by atoms with Gasteiger partial charge in [-0.1, -0.05) is 35.3 Å². The predicted octanol–water partition coefficient (Wildman–Crippen LogP) is 5.33. The Morgan fingerprint density at radius 2 is 1.18 bits per heavy atom. The smallest absolute Gasteiger partial charge is 0.416 e. The molecule has 0 aliphatic carbocycles. The number of alkyl halides is 6. The number of hydrogen-bond acceptors (Lipinski definition) is 7. The molecule has 2 amide bonds. The van der Waals surface area contributed by atoms with Crippen molar-refractivity contribution in [3.8, 4) is 0 Å². The second-order valence-corrected chi connectivity index (χ2v) is 9.56. The number of rotatable bonds is 8. The first-order valence-corrected chi connectivity index (χ1v) is 12.7. The van der Waals surface area contributed by atoms with Crippen LogP contribution in [0.5, 0.6) is 0 Å². The molecule has 45 heavy (non-hydrogen) atoms. The molecule has 0 aliphatic heterocycles. The molecule has 0 saturated heterocycles. The molecule has 238 valence electrons. The van der Waals surface area contributed by atoms with Gasteiger partial charge in [-0.2, -0.15) is 26.3 Å². The fourth-order valence-corrected chi connectivity index (χ4v) is 3.93. The molecule has 3 rings (SSSR count). The number of carboxylic acid groups (broad SMARTS) is 1. The number of esters is 2. The van der Waals surface area contributed by atoms with E-state index in [1.165, 1.54) is 6.07 Å². The maximum absolute atomic E-state index is 13.2. The van der Waals surface area contributed by atoms with Crippen molar-refractivity contribution >= 4 is 52.9 Å². The quantitative estimate of drug-likeness (QED) is 0.164. The Labute approximate surface area is 257 Å². The molecule has 0 radical (unpaired) electrons. The molecule has 2 atom stereocenters. The van der Waals surface area contributed by atoms with Crippen molar-refractivity contribution in [1.82, 2.24) is 10.9 Å². The van der Waals surface area contributed by atoms with Gasteiger partial charge in [-0.15, -0.1) is 0 Å². The zero-order chi connectivity index (χ0) is 33.7. The highest BCUT2D eigenvalue weighted by Crippen LogP contribution is 2.31. The van der Waals surface area contributed by atoms with Crippen molar-refractivity contribution in [3.63, 3.8) is 0 Å². The first-order chi connectivity index (χ1) is 20.9. The highest BCUT2D eigenvalue weighted by atomic mass is 35.5. The van der Waals surface area contributed by atoms with Gasteiger partial charge in [-0.3, -0.25) is 20.4 Å². The molecule has 0 unspecified atom stereocenters. The van der Waals surface area contributed by atoms with E-state index >= 15 is 0 Å². The van der Waals surface area contributed by atoms with Crippen LogP contribution < -0.4 is 10.9 Å². The molecular weight excluding hydrogens is 665 g/mol. The minimum absolute atomic E-state index is 0.133. The number of nitrogens with one attached hydrogen (secondary N) is 2. The third-order valence-electron chi connectivity index (χ3n) is 5.57. The third kappa shape index (κ3) is 9.09. The number of hydrogen-bond donors (Lipinski definition) is 3. The van der Waals surface area contributed by atoms with Crippen LogP contribution in [0.2, 0.25) is 10.0 Å². The topological polar surface area (TPSA) is 148 Å². The lowest BCUT2D eigenvalue weighted by Gasteiger charge is -2.24. The normalized spacial score (nSPS) is 12.8. The van der Waals surface area contributed by atoms with Crippen LogP contribution in [0, 0.1) is 0 Å². The standard InChI is InChI=1S/C27H16Cl2F6N2O8/c28-16-7-8-17(18(29)11-16)21(38)36-37-22(39)19(44-24(42)12-3-1-5-14(9-12)26(30,31)32)20(23(40)41)45-25(43)13-4-2-6-15(10-13)27(33,34)35/h1-11,19-20H,(H,36,38)(H,37,39)(H,40,41)/t19-,20-/m1/s1. The van der Waals surface area contributed by atoms with Crippen LogP contribution in [0.15, 0.2) is 66.7 Å². The van der Waals surface area contributed by atoms with Crippen molar-refractivity contribution in [2.24, 2.45) is 0 Å². The van der Waals surface area contributed by atoms with E-state index < -0.39 is 76.5 Å². The summed E-state index contributed by atoms with van der Waals surface area (Å²) in [7, 11) is 0. The van der Waals surface area contributed by atoms with Gasteiger partial charge in [0.1, 0.15) is 0 Å². The van der Waals surface area contributed by atoms with Gasteiger partial charge >= 0.3 is 30.3 Å². The van der Waals surface area contributed by atoms with Crippen LogP contribution in [-0.4, -0.2) is 47.0 Å². The minimum atomic E-state index is -4.93. The molecule has 3 N–H and O–H groups in total. The highest BCUT2D eigenvalue weighted by molar-refractivity contribution is 6.36. The monoisotopic (exact) mass is 680 g/mol. The Morgan fingerprint density at radius 1 is 0.689 bits per heavy atom. The zero-order valence-corrected chi connectivity index (χ0v) is 23.3. The summed E-state index contributed by atoms with van der Waals surface area (Å²) < 4.78 is 88.3. The summed E-state index contributed by atoms with van der Waals surface area (Å²) in [6.45, 7) is 0. The van der Waals surface area contributed by atoms with Crippen molar-refractivity contribution in [3.05, 3.63) is 105 Å². The van der Waals surface area contributed by atoms with E-state index in [1.807, 2.05) is 5.43 Å². The molecule has 10 nitrogen and oxygen atoms in total. The van der Waals surface area contributed by atoms with Gasteiger partial charge < -0.3 is 14.6 Å². The van der Waals surface area contributed by atoms with E-state index in [0.29, 0.717) is 24.3 Å². The van der Waals surface area contributed by atoms with E-state index in [0.717, 1.165) is 36.4 Å². The summed E-state index contributed by atoms with van der Waals surface area (Å²) in [5.41, 5.74) is -1.04. The largest absolute Gasteiger partial charge is 0.478 e. The van der Waals surface area contributed by atoms with E-state index in [-0.39, 0.29) is 15.6 Å². The first kappa shape index (κ1) is 34.7. The number of amides is 2. The lowest BCUT2D eigenvalue weighted by Crippen LogP contribution is -2.54. The second kappa shape index (κ2) is 13.9. The molecule has 0 fully saturated rings. The fourth-order valence-electron chi connectivity index (χ4n) is 3.44. The average molecular weight is 681 g/mol. The molecule has 0 aliphatic rings. The van der Waals surface area contributed by atoms with Gasteiger partial charge in [0.2, 0.25) is 12.2 Å². The summed E-state index contributed by atoms with van der Waals surface area (Å²) in [6.07, 6.45) is -15.4. The predicted molar refractivity (Wildman–Crippen MR) is 141 cm³/mol. The van der Waals surface area contributed by atoms with Crippen LogP contribution in [0.1, 0.15) is 42.2 Å². The number of carboxylic acids is 1. The summed E-state index contributed by atoms with van der Waals surface area (Å²) in [4.78, 5) is 63.0. The minimum Gasteiger partial charge on any atom is -0.478 e. The molecule has 3 aromatic rings. The molecule has 0 saturated carbocycles. The number of benzene rings is 3. The van der Waals surface area contributed by atoms with E-state index in [4.69, 9.17) is 32.7 Å². The maximum Gasteiger partial charge on any atom is 0.416 e. The van der Waals surface area contributed by atoms with Crippen LogP contribution in [0.4, 0.5) is 26.3 Å². The lowest BCUT2D eigenvalue weighted by atomic mass is 10.1. The van der Waals surface area contributed by atoms with Gasteiger partial charge in [-0.05, 0) is 54.6 Å². The fraction of sp³-hybridized carbons (Fsp3) is 0.148. The van der Waals surface area contributed by atoms with Crippen molar-refractivity contribution in [2.45, 2.75) is 24.6 Å². The van der Waals surface area contributed by atoms with Gasteiger partial charge in [0.25, 0.3) is 11.8 Å². The molecule has 3 aromatic carbocycles. The van der Waals surface area contributed by atoms with Crippen LogP contribution in [0.3, 0.4) is 0 Å². The number of aliphatic carboxylic acids is 1. The number of hydrazine groups is 1. The summed E-state index contributed by atoms with van der Waals surface area (Å²) in [5, 5.41) is 9.67. The Kier molecular flexibility index (Phi) is 10.7. The highest BCUT2D eigenvalue weighted by Gasteiger charge is 2.42. The van der Waals surface area contributed by atoms with Gasteiger partial charge in [0.05, 0.1) is 32.8 Å². The zero-order valence-electron chi connectivity index (χ0n) is 21.8. The van der Waals surface area contributed by atoms with E-state index in [2.05, 4.69) is 0 Å². The molecule has 0 spiro atoms. The van der Waals surface area contributed by atoms with Crippen LogP contribution in [0.25, 0.3) is 0 Å². The Bertz CT molecular complexity index is 1650. The Morgan fingerprint density at radius 3 is 1.62 bits per heavy atom. The van der Waals surface area contributed by atoms with Gasteiger partial charge in [-0.25, -0.2) is 14.4 Å². The van der Waals surface area contributed by atoms with Crippen molar-refractivity contribution in [1.29, 1.82) is 0 Å². The van der Waals surface area contributed by atoms with Crippen molar-refractivity contribution < 1.29 is 64.9 Å². The number of carbonyl (C=O) groups excluding carboxylic acids is 4. The summed E-state index contributed by atoms with van der Waals surface area (Å²) in [5.74, 6) is -8.42. The second-order valence-electron chi connectivity index (χ2n) is 8.71. The molecule has 18 heteroatoms. The number of ether oxygens (including phenoxy) is 2. The van der Waals surface area contributed by atoms with E-state index in [1.54, 1.807) is 5.43 Å². The SMILES string of the molecule is O=C(O[C@@H](C(=O)O)[C@@H](OC(=O)c1cccc(C(F)(F)F)c1)C(=O)NNC(=O)c1ccc(Cl)cc1Cl)c1cccc(C(F)(F)F)c1. The summed E-state index contributed by atoms with van der Waals surface area (Å²) >= 11 is 11.7. The van der Waals surface area contributed by atoms with Gasteiger partial charge in [0, 0.05) is 5.02 Å². The average Bonchev–Trinajstić information content (AvgIpc) is 2.96. The first-order valence-electron chi connectivity index (χ1n) is 11.9. The maximum atomic E-state index is 13.2. The molecular formula is C27H16Cl2F6N2O8. The molecule has 0 aromatic heterocycles. The van der Waals surface area contributed by atoms with Crippen LogP contribution in [-0.2, 0) is 31.4 Å². The third-order valence-corrected chi connectivity index (χ3v) is 6.12. The lowest BCUT2D eigenvalue weighted by molar-refractivity contribution is -0.159. The molecule has 0 heterocycles. The number of halogens is 8. The summed E-state index contributed by atoms with van der Waals surface area (Å²) in [6, 6.07) is 8.57. The molecule has 0 bridgehead atoms. The van der Waals surface area contributed by atoms with E-state index in [9.17, 15) is 55.4 Å². The van der Waals surface area contributed by atoms with Crippen LogP contribution >= 0.6 is 23.2 Å². The van der Waals surface area contributed by atoms with Gasteiger partial charge in [0.15, 0.2) is 0 Å². The Balaban J connectivity index is 1.94.